The number of rotatable bonds is 5. The number of carbonyl (C=O) groups excluding carboxylic acids is 1. The molecule has 6 nitrogen and oxygen atoms in total. The summed E-state index contributed by atoms with van der Waals surface area (Å²) in [5, 5.41) is 3.48. The minimum absolute atomic E-state index is 0.0380. The largest absolute Gasteiger partial charge is 0.495 e. The molecule has 3 rings (SSSR count). The van der Waals surface area contributed by atoms with Crippen molar-refractivity contribution < 1.29 is 14.3 Å². The van der Waals surface area contributed by atoms with E-state index in [1.807, 2.05) is 0 Å². The first-order chi connectivity index (χ1) is 12.5. The van der Waals surface area contributed by atoms with Crippen LogP contribution in [-0.4, -0.2) is 74.3 Å². The lowest BCUT2D eigenvalue weighted by Gasteiger charge is -2.41. The van der Waals surface area contributed by atoms with E-state index >= 15 is 0 Å². The predicted molar refractivity (Wildman–Crippen MR) is 103 cm³/mol. The van der Waals surface area contributed by atoms with Crippen molar-refractivity contribution in [2.45, 2.75) is 31.9 Å². The molecule has 2 saturated heterocycles. The maximum absolute atomic E-state index is 12.4. The summed E-state index contributed by atoms with van der Waals surface area (Å²) >= 11 is 6.02. The molecule has 1 unspecified atom stereocenters. The Hall–Kier alpha value is -1.34. The SMILES string of the molecule is COc1ccc(Cl)cc1NC(=O)CN1CCC(N2CCOC(C)C2)CC1. The number of hydrogen-bond donors (Lipinski definition) is 1. The van der Waals surface area contributed by atoms with Gasteiger partial charge in [-0.25, -0.2) is 0 Å². The minimum Gasteiger partial charge on any atom is -0.495 e. The second-order valence-corrected chi connectivity index (χ2v) is 7.51. The average molecular weight is 382 g/mol. The van der Waals surface area contributed by atoms with Crippen LogP contribution in [0.5, 0.6) is 5.75 Å². The van der Waals surface area contributed by atoms with Crippen LogP contribution in [-0.2, 0) is 9.53 Å². The number of nitrogens with zero attached hydrogens (tertiary/aromatic N) is 2. The molecular formula is C19H28ClN3O3. The van der Waals surface area contributed by atoms with E-state index in [2.05, 4.69) is 22.0 Å². The topological polar surface area (TPSA) is 54.0 Å². The third kappa shape index (κ3) is 5.10. The van der Waals surface area contributed by atoms with Crippen LogP contribution in [0.25, 0.3) is 0 Å². The number of hydrogen-bond acceptors (Lipinski definition) is 5. The Morgan fingerprint density at radius 2 is 2.12 bits per heavy atom. The first kappa shape index (κ1) is 19.4. The van der Waals surface area contributed by atoms with Gasteiger partial charge in [-0.3, -0.25) is 14.6 Å². The van der Waals surface area contributed by atoms with Gasteiger partial charge in [-0.2, -0.15) is 0 Å². The highest BCUT2D eigenvalue weighted by molar-refractivity contribution is 6.31. The summed E-state index contributed by atoms with van der Waals surface area (Å²) in [5.74, 6) is 0.576. The van der Waals surface area contributed by atoms with Gasteiger partial charge in [0.1, 0.15) is 5.75 Å². The Balaban J connectivity index is 1.47. The van der Waals surface area contributed by atoms with E-state index in [1.165, 1.54) is 0 Å². The summed E-state index contributed by atoms with van der Waals surface area (Å²) in [6.45, 7) is 7.26. The highest BCUT2D eigenvalue weighted by atomic mass is 35.5. The zero-order valence-electron chi connectivity index (χ0n) is 15.5. The Morgan fingerprint density at radius 3 is 2.81 bits per heavy atom. The van der Waals surface area contributed by atoms with Crippen LogP contribution in [0, 0.1) is 0 Å². The van der Waals surface area contributed by atoms with E-state index in [4.69, 9.17) is 21.1 Å². The minimum atomic E-state index is -0.0380. The fraction of sp³-hybridized carbons (Fsp3) is 0.632. The fourth-order valence-electron chi connectivity index (χ4n) is 3.79. The molecule has 2 aliphatic rings. The molecular weight excluding hydrogens is 354 g/mol. The lowest BCUT2D eigenvalue weighted by Crippen LogP contribution is -2.51. The maximum Gasteiger partial charge on any atom is 0.238 e. The Bertz CT molecular complexity index is 620. The van der Waals surface area contributed by atoms with Crippen LogP contribution in [0.3, 0.4) is 0 Å². The number of nitrogens with one attached hydrogen (secondary N) is 1. The second-order valence-electron chi connectivity index (χ2n) is 7.08. The average Bonchev–Trinajstić information content (AvgIpc) is 2.62. The molecule has 7 heteroatoms. The molecule has 2 heterocycles. The quantitative estimate of drug-likeness (QED) is 0.849. The molecule has 0 aliphatic carbocycles. The van der Waals surface area contributed by atoms with Crippen molar-refractivity contribution in [1.82, 2.24) is 9.80 Å². The van der Waals surface area contributed by atoms with Gasteiger partial charge in [0.25, 0.3) is 0 Å². The number of piperidine rings is 1. The smallest absolute Gasteiger partial charge is 0.238 e. The van der Waals surface area contributed by atoms with Crippen molar-refractivity contribution in [2.24, 2.45) is 0 Å². The molecule has 26 heavy (non-hydrogen) atoms. The molecule has 0 aromatic heterocycles. The molecule has 1 N–H and O–H groups in total. The number of methoxy groups -OCH3 is 1. The monoisotopic (exact) mass is 381 g/mol. The van der Waals surface area contributed by atoms with Gasteiger partial charge in [0.2, 0.25) is 5.91 Å². The summed E-state index contributed by atoms with van der Waals surface area (Å²) in [4.78, 5) is 17.2. The number of amides is 1. The number of halogens is 1. The lowest BCUT2D eigenvalue weighted by atomic mass is 10.0. The van der Waals surface area contributed by atoms with Gasteiger partial charge in [0, 0.05) is 37.2 Å². The molecule has 0 bridgehead atoms. The normalized spacial score (nSPS) is 23.0. The van der Waals surface area contributed by atoms with E-state index in [1.54, 1.807) is 25.3 Å². The maximum atomic E-state index is 12.4. The first-order valence-electron chi connectivity index (χ1n) is 9.26. The first-order valence-corrected chi connectivity index (χ1v) is 9.64. The molecule has 2 fully saturated rings. The molecule has 1 aromatic rings. The standard InChI is InChI=1S/C19H28ClN3O3/c1-14-12-23(9-10-26-14)16-5-7-22(8-6-16)13-19(24)21-17-11-15(20)3-4-18(17)25-2/h3-4,11,14,16H,5-10,12-13H2,1-2H3,(H,21,24). The highest BCUT2D eigenvalue weighted by Gasteiger charge is 2.28. The van der Waals surface area contributed by atoms with E-state index in [0.717, 1.165) is 45.6 Å². The Kier molecular flexibility index (Phi) is 6.75. The number of carbonyl (C=O) groups is 1. The van der Waals surface area contributed by atoms with Crippen molar-refractivity contribution in [3.63, 3.8) is 0 Å². The summed E-state index contributed by atoms with van der Waals surface area (Å²) in [5.41, 5.74) is 0.613. The molecule has 144 valence electrons. The third-order valence-corrected chi connectivity index (χ3v) is 5.38. The number of morpholine rings is 1. The predicted octanol–water partition coefficient (Wildman–Crippen LogP) is 2.47. The number of likely N-dealkylation sites (tertiary alicyclic amines) is 1. The Morgan fingerprint density at radius 1 is 1.35 bits per heavy atom. The van der Waals surface area contributed by atoms with E-state index in [9.17, 15) is 4.79 Å². The molecule has 0 radical (unpaired) electrons. The number of ether oxygens (including phenoxy) is 2. The summed E-state index contributed by atoms with van der Waals surface area (Å²) < 4.78 is 10.9. The van der Waals surface area contributed by atoms with Crippen molar-refractivity contribution >= 4 is 23.2 Å². The third-order valence-electron chi connectivity index (χ3n) is 5.15. The molecule has 0 saturated carbocycles. The van der Waals surface area contributed by atoms with Crippen molar-refractivity contribution in [1.29, 1.82) is 0 Å². The highest BCUT2D eigenvalue weighted by Crippen LogP contribution is 2.27. The summed E-state index contributed by atoms with van der Waals surface area (Å²) in [6, 6.07) is 5.82. The molecule has 1 aromatic carbocycles. The van der Waals surface area contributed by atoms with Gasteiger partial charge in [0.05, 0.1) is 32.1 Å². The van der Waals surface area contributed by atoms with Gasteiger partial charge < -0.3 is 14.8 Å². The van der Waals surface area contributed by atoms with Crippen LogP contribution in [0.1, 0.15) is 19.8 Å². The van der Waals surface area contributed by atoms with Crippen molar-refractivity contribution in [2.75, 3.05) is 51.8 Å². The Labute approximate surface area is 160 Å². The van der Waals surface area contributed by atoms with Crippen molar-refractivity contribution in [3.8, 4) is 5.75 Å². The molecule has 2 aliphatic heterocycles. The van der Waals surface area contributed by atoms with Crippen LogP contribution >= 0.6 is 11.6 Å². The zero-order chi connectivity index (χ0) is 18.5. The summed E-state index contributed by atoms with van der Waals surface area (Å²) in [7, 11) is 1.58. The second kappa shape index (κ2) is 9.04. The summed E-state index contributed by atoms with van der Waals surface area (Å²) in [6.07, 6.45) is 2.52. The number of anilines is 1. The van der Waals surface area contributed by atoms with Gasteiger partial charge in [0.15, 0.2) is 0 Å². The lowest BCUT2D eigenvalue weighted by molar-refractivity contribution is -0.117. The zero-order valence-corrected chi connectivity index (χ0v) is 16.3. The van der Waals surface area contributed by atoms with Gasteiger partial charge >= 0.3 is 0 Å². The molecule has 1 amide bonds. The van der Waals surface area contributed by atoms with Crippen LogP contribution in [0.4, 0.5) is 5.69 Å². The van der Waals surface area contributed by atoms with E-state index in [0.29, 0.717) is 35.2 Å². The van der Waals surface area contributed by atoms with Crippen LogP contribution in [0.15, 0.2) is 18.2 Å². The fourth-order valence-corrected chi connectivity index (χ4v) is 3.96. The van der Waals surface area contributed by atoms with Gasteiger partial charge in [-0.1, -0.05) is 11.6 Å². The number of benzene rings is 1. The van der Waals surface area contributed by atoms with E-state index < -0.39 is 0 Å². The van der Waals surface area contributed by atoms with Crippen LogP contribution < -0.4 is 10.1 Å². The molecule has 0 spiro atoms. The van der Waals surface area contributed by atoms with Gasteiger partial charge in [-0.05, 0) is 38.0 Å². The van der Waals surface area contributed by atoms with Crippen molar-refractivity contribution in [3.05, 3.63) is 23.2 Å². The van der Waals surface area contributed by atoms with Gasteiger partial charge in [-0.15, -0.1) is 0 Å². The van der Waals surface area contributed by atoms with E-state index in [-0.39, 0.29) is 5.91 Å². The van der Waals surface area contributed by atoms with Crippen LogP contribution in [0.2, 0.25) is 5.02 Å². The molecule has 1 atom stereocenters.